The highest BCUT2D eigenvalue weighted by Gasteiger charge is 2.44. The van der Waals surface area contributed by atoms with Crippen LogP contribution in [0.15, 0.2) is 12.1 Å². The zero-order chi connectivity index (χ0) is 13.7. The lowest BCUT2D eigenvalue weighted by Gasteiger charge is -2.49. The van der Waals surface area contributed by atoms with E-state index in [-0.39, 0.29) is 6.10 Å². The Morgan fingerprint density at radius 3 is 2.53 bits per heavy atom. The topological polar surface area (TPSA) is 23.5 Å². The average molecular weight is 300 g/mol. The lowest BCUT2D eigenvalue weighted by atomic mass is 9.64. The van der Waals surface area contributed by atoms with Gasteiger partial charge in [0.05, 0.1) is 16.1 Å². The second-order valence-electron chi connectivity index (χ2n) is 6.04. The van der Waals surface area contributed by atoms with E-state index in [9.17, 15) is 5.11 Å². The molecule has 0 amide bonds. The van der Waals surface area contributed by atoms with Crippen LogP contribution in [0, 0.1) is 5.92 Å². The molecular weight excluding hydrogens is 281 g/mol. The highest BCUT2D eigenvalue weighted by molar-refractivity contribution is 6.42. The molecule has 3 rings (SSSR count). The van der Waals surface area contributed by atoms with Crippen LogP contribution in [0.5, 0.6) is 0 Å². The monoisotopic (exact) mass is 299 g/mol. The van der Waals surface area contributed by atoms with E-state index in [1.165, 1.54) is 11.1 Å². The molecule has 2 nitrogen and oxygen atoms in total. The first kappa shape index (κ1) is 13.7. The first-order valence-corrected chi connectivity index (χ1v) is 7.57. The van der Waals surface area contributed by atoms with Crippen molar-refractivity contribution in [1.82, 2.24) is 4.90 Å². The fraction of sp³-hybridized carbons (Fsp3) is 0.600. The SMILES string of the molecule is CN(C)C1[C@@H]2CC[C@@H](O)[C@H]1Cc1cc(Cl)c(Cl)cc12. The number of aliphatic hydroxyl groups is 1. The maximum absolute atomic E-state index is 10.3. The molecule has 1 aromatic carbocycles. The van der Waals surface area contributed by atoms with Gasteiger partial charge in [0.2, 0.25) is 0 Å². The van der Waals surface area contributed by atoms with Gasteiger partial charge in [-0.2, -0.15) is 0 Å². The van der Waals surface area contributed by atoms with E-state index in [2.05, 4.69) is 19.0 Å². The molecule has 2 bridgehead atoms. The lowest BCUT2D eigenvalue weighted by molar-refractivity contribution is -0.00214. The highest BCUT2D eigenvalue weighted by Crippen LogP contribution is 2.47. The molecule has 19 heavy (non-hydrogen) atoms. The molecule has 104 valence electrons. The number of rotatable bonds is 1. The molecule has 2 aliphatic rings. The summed E-state index contributed by atoms with van der Waals surface area (Å²) in [6, 6.07) is 4.42. The van der Waals surface area contributed by atoms with Crippen LogP contribution in [-0.4, -0.2) is 36.2 Å². The third-order valence-corrected chi connectivity index (χ3v) is 5.47. The largest absolute Gasteiger partial charge is 0.393 e. The molecule has 1 N–H and O–H groups in total. The van der Waals surface area contributed by atoms with Gasteiger partial charge in [-0.25, -0.2) is 0 Å². The molecule has 4 heteroatoms. The van der Waals surface area contributed by atoms with Gasteiger partial charge in [-0.1, -0.05) is 23.2 Å². The van der Waals surface area contributed by atoms with Crippen molar-refractivity contribution in [1.29, 1.82) is 0 Å². The van der Waals surface area contributed by atoms with Crippen molar-refractivity contribution in [3.63, 3.8) is 0 Å². The van der Waals surface area contributed by atoms with Crippen LogP contribution in [-0.2, 0) is 6.42 Å². The van der Waals surface area contributed by atoms with Gasteiger partial charge < -0.3 is 10.0 Å². The van der Waals surface area contributed by atoms with Gasteiger partial charge in [0.25, 0.3) is 0 Å². The van der Waals surface area contributed by atoms with E-state index in [0.29, 0.717) is 27.9 Å². The number of likely N-dealkylation sites (N-methyl/N-ethyl adjacent to an activating group) is 1. The van der Waals surface area contributed by atoms with Gasteiger partial charge in [-0.3, -0.25) is 0 Å². The van der Waals surface area contributed by atoms with Crippen molar-refractivity contribution in [2.45, 2.75) is 37.3 Å². The zero-order valence-corrected chi connectivity index (χ0v) is 12.7. The number of fused-ring (bicyclic) bond motifs is 4. The molecule has 2 aliphatic carbocycles. The van der Waals surface area contributed by atoms with Crippen molar-refractivity contribution in [3.8, 4) is 0 Å². The van der Waals surface area contributed by atoms with Gasteiger partial charge in [0.1, 0.15) is 0 Å². The van der Waals surface area contributed by atoms with Crippen LogP contribution in [0.4, 0.5) is 0 Å². The van der Waals surface area contributed by atoms with E-state index < -0.39 is 0 Å². The number of nitrogens with zero attached hydrogens (tertiary/aromatic N) is 1. The van der Waals surface area contributed by atoms with E-state index in [1.807, 2.05) is 12.1 Å². The van der Waals surface area contributed by atoms with Crippen molar-refractivity contribution >= 4 is 23.2 Å². The molecule has 0 spiro atoms. The Bertz CT molecular complexity index is 503. The second kappa shape index (κ2) is 4.92. The lowest BCUT2D eigenvalue weighted by Crippen LogP contribution is -2.52. The second-order valence-corrected chi connectivity index (χ2v) is 6.85. The molecule has 0 saturated heterocycles. The Morgan fingerprint density at radius 1 is 1.16 bits per heavy atom. The Hall–Kier alpha value is -0.280. The highest BCUT2D eigenvalue weighted by atomic mass is 35.5. The van der Waals surface area contributed by atoms with Crippen LogP contribution in [0.2, 0.25) is 10.0 Å². The summed E-state index contributed by atoms with van der Waals surface area (Å²) in [5, 5.41) is 11.6. The molecular formula is C15H19Cl2NO. The van der Waals surface area contributed by atoms with E-state index in [4.69, 9.17) is 23.2 Å². The number of benzene rings is 1. The molecule has 0 aromatic heterocycles. The summed E-state index contributed by atoms with van der Waals surface area (Å²) < 4.78 is 0. The molecule has 1 saturated carbocycles. The first-order chi connectivity index (χ1) is 8.99. The molecule has 1 fully saturated rings. The van der Waals surface area contributed by atoms with Gasteiger partial charge in [-0.15, -0.1) is 0 Å². The van der Waals surface area contributed by atoms with Gasteiger partial charge in [-0.05, 0) is 56.6 Å². The average Bonchev–Trinajstić information content (AvgIpc) is 2.35. The smallest absolute Gasteiger partial charge is 0.0595 e. The molecule has 1 unspecified atom stereocenters. The molecule has 0 aliphatic heterocycles. The summed E-state index contributed by atoms with van der Waals surface area (Å²) in [6.07, 6.45) is 2.60. The van der Waals surface area contributed by atoms with Crippen molar-refractivity contribution in [3.05, 3.63) is 33.3 Å². The van der Waals surface area contributed by atoms with Crippen LogP contribution in [0.1, 0.15) is 29.9 Å². The van der Waals surface area contributed by atoms with Gasteiger partial charge in [0, 0.05) is 17.9 Å². The molecule has 0 heterocycles. The zero-order valence-electron chi connectivity index (χ0n) is 11.2. The normalized spacial score (nSPS) is 33.4. The molecule has 1 aromatic rings. The Kier molecular flexibility index (Phi) is 3.55. The summed E-state index contributed by atoms with van der Waals surface area (Å²) >= 11 is 12.3. The summed E-state index contributed by atoms with van der Waals surface area (Å²) in [4.78, 5) is 2.25. The number of halogens is 2. The summed E-state index contributed by atoms with van der Waals surface area (Å²) in [5.74, 6) is 0.764. The number of aliphatic hydroxyl groups excluding tert-OH is 1. The Balaban J connectivity index is 2.10. The van der Waals surface area contributed by atoms with Crippen molar-refractivity contribution in [2.24, 2.45) is 5.92 Å². The molecule has 4 atom stereocenters. The van der Waals surface area contributed by atoms with Gasteiger partial charge in [0.15, 0.2) is 0 Å². The minimum atomic E-state index is -0.203. The third-order valence-electron chi connectivity index (χ3n) is 4.75. The van der Waals surface area contributed by atoms with Crippen LogP contribution >= 0.6 is 23.2 Å². The standard InChI is InChI=1S/C15H19Cl2NO/c1-18(2)15-9-3-4-14(19)11(15)5-8-6-12(16)13(17)7-10(8)9/h6-7,9,11,14-15,19H,3-5H2,1-2H3/t9-,11-,14-,15?/m1/s1. The fourth-order valence-corrected chi connectivity index (χ4v) is 4.34. The van der Waals surface area contributed by atoms with E-state index >= 15 is 0 Å². The Labute approximate surface area is 124 Å². The minimum Gasteiger partial charge on any atom is -0.393 e. The number of hydrogen-bond acceptors (Lipinski definition) is 2. The summed E-state index contributed by atoms with van der Waals surface area (Å²) in [7, 11) is 4.20. The fourth-order valence-electron chi connectivity index (χ4n) is 3.98. The van der Waals surface area contributed by atoms with Crippen molar-refractivity contribution < 1.29 is 5.11 Å². The minimum absolute atomic E-state index is 0.203. The maximum atomic E-state index is 10.3. The Morgan fingerprint density at radius 2 is 1.84 bits per heavy atom. The quantitative estimate of drug-likeness (QED) is 0.860. The number of hydrogen-bond donors (Lipinski definition) is 1. The van der Waals surface area contributed by atoms with Crippen molar-refractivity contribution in [2.75, 3.05) is 14.1 Å². The maximum Gasteiger partial charge on any atom is 0.0595 e. The first-order valence-electron chi connectivity index (χ1n) is 6.81. The van der Waals surface area contributed by atoms with E-state index in [0.717, 1.165) is 19.3 Å². The third kappa shape index (κ3) is 2.19. The summed E-state index contributed by atoms with van der Waals surface area (Å²) in [5.41, 5.74) is 2.59. The summed E-state index contributed by atoms with van der Waals surface area (Å²) in [6.45, 7) is 0. The predicted octanol–water partition coefficient (Wildman–Crippen LogP) is 3.33. The van der Waals surface area contributed by atoms with Gasteiger partial charge >= 0.3 is 0 Å². The van der Waals surface area contributed by atoms with Crippen LogP contribution in [0.25, 0.3) is 0 Å². The van der Waals surface area contributed by atoms with Crippen LogP contribution in [0.3, 0.4) is 0 Å². The predicted molar refractivity (Wildman–Crippen MR) is 79.1 cm³/mol. The van der Waals surface area contributed by atoms with Crippen LogP contribution < -0.4 is 0 Å². The molecule has 0 radical (unpaired) electrons. The van der Waals surface area contributed by atoms with E-state index in [1.54, 1.807) is 0 Å².